The van der Waals surface area contributed by atoms with Crippen LogP contribution in [0.4, 0.5) is 17.1 Å². The Morgan fingerprint density at radius 1 is 0.977 bits per heavy atom. The van der Waals surface area contributed by atoms with Crippen LogP contribution in [-0.4, -0.2) is 26.8 Å². The van der Waals surface area contributed by atoms with Gasteiger partial charge in [0.2, 0.25) is 0 Å². The molecular formula is C33H42N6O4. The number of amides is 1. The van der Waals surface area contributed by atoms with Gasteiger partial charge in [-0.05, 0) is 72.1 Å². The maximum Gasteiger partial charge on any atom is 0.280 e. The Balaban J connectivity index is 1.43. The van der Waals surface area contributed by atoms with Crippen LogP contribution in [0.2, 0.25) is 0 Å². The van der Waals surface area contributed by atoms with Crippen molar-refractivity contribution in [2.75, 3.05) is 16.3 Å². The molecular weight excluding hydrogens is 544 g/mol. The van der Waals surface area contributed by atoms with Gasteiger partial charge in [0, 0.05) is 17.3 Å². The molecule has 10 heteroatoms. The minimum atomic E-state index is -0.659. The number of hydrogen-bond donors (Lipinski definition) is 3. The van der Waals surface area contributed by atoms with E-state index in [0.29, 0.717) is 28.7 Å². The van der Waals surface area contributed by atoms with Gasteiger partial charge in [0.15, 0.2) is 6.10 Å². The van der Waals surface area contributed by atoms with Crippen molar-refractivity contribution in [2.45, 2.75) is 84.7 Å². The van der Waals surface area contributed by atoms with Crippen molar-refractivity contribution in [1.29, 1.82) is 0 Å². The number of nitro groups is 1. The number of anilines is 2. The molecule has 0 radical (unpaired) electrons. The van der Waals surface area contributed by atoms with Crippen molar-refractivity contribution in [3.05, 3.63) is 88.1 Å². The summed E-state index contributed by atoms with van der Waals surface area (Å²) in [6.07, 6.45) is 3.26. The fourth-order valence-electron chi connectivity index (χ4n) is 4.71. The summed E-state index contributed by atoms with van der Waals surface area (Å²) in [5, 5.41) is 18.9. The van der Waals surface area contributed by atoms with Crippen molar-refractivity contribution in [2.24, 2.45) is 0 Å². The van der Waals surface area contributed by atoms with Crippen LogP contribution in [-0.2, 0) is 15.6 Å². The lowest BCUT2D eigenvalue weighted by Crippen LogP contribution is -2.33. The van der Waals surface area contributed by atoms with Crippen LogP contribution in [0.5, 0.6) is 5.75 Å². The van der Waals surface area contributed by atoms with Gasteiger partial charge in [0.1, 0.15) is 11.3 Å². The molecule has 0 bridgehead atoms. The zero-order valence-electron chi connectivity index (χ0n) is 26.0. The molecule has 0 aliphatic rings. The summed E-state index contributed by atoms with van der Waals surface area (Å²) in [6.45, 7) is 15.2. The molecule has 0 saturated carbocycles. The molecule has 0 spiro atoms. The van der Waals surface area contributed by atoms with Gasteiger partial charge in [-0.2, -0.15) is 9.89 Å². The van der Waals surface area contributed by atoms with E-state index in [4.69, 9.17) is 4.74 Å². The molecule has 43 heavy (non-hydrogen) atoms. The molecule has 1 aromatic heterocycles. The number of aromatic nitrogens is 2. The highest BCUT2D eigenvalue weighted by Gasteiger charge is 2.29. The van der Waals surface area contributed by atoms with Crippen molar-refractivity contribution >= 4 is 33.9 Å². The van der Waals surface area contributed by atoms with Crippen LogP contribution in [0.1, 0.15) is 78.9 Å². The normalized spacial score (nSPS) is 12.5. The highest BCUT2D eigenvalue weighted by atomic mass is 16.6. The Kier molecular flexibility index (Phi) is 9.27. The average molecular weight is 587 g/mol. The van der Waals surface area contributed by atoms with E-state index in [1.807, 2.05) is 13.0 Å². The monoisotopic (exact) mass is 586 g/mol. The second-order valence-corrected chi connectivity index (χ2v) is 12.0. The minimum absolute atomic E-state index is 0.0113. The average Bonchev–Trinajstić information content (AvgIpc) is 3.42. The van der Waals surface area contributed by atoms with Crippen molar-refractivity contribution in [3.63, 3.8) is 0 Å². The zero-order valence-corrected chi connectivity index (χ0v) is 26.0. The van der Waals surface area contributed by atoms with Crippen LogP contribution >= 0.6 is 0 Å². The van der Waals surface area contributed by atoms with Gasteiger partial charge in [-0.25, -0.2) is 5.53 Å². The number of non-ortho nitro benzene ring substituents is 1. The first-order valence-corrected chi connectivity index (χ1v) is 14.8. The fourth-order valence-corrected chi connectivity index (χ4v) is 4.71. The third-order valence-corrected chi connectivity index (χ3v) is 8.44. The number of hydrogen-bond acceptors (Lipinski definition) is 7. The summed E-state index contributed by atoms with van der Waals surface area (Å²) in [5.74, 6) is 0.524. The number of nitro benzene ring substituents is 1. The number of nitrogens with one attached hydrogen (secondary N) is 3. The van der Waals surface area contributed by atoms with Gasteiger partial charge in [0.25, 0.3) is 11.6 Å². The maximum atomic E-state index is 13.3. The third-order valence-electron chi connectivity index (χ3n) is 8.44. The van der Waals surface area contributed by atoms with Crippen LogP contribution in [0, 0.1) is 10.1 Å². The second-order valence-electron chi connectivity index (χ2n) is 12.0. The Hall–Kier alpha value is -4.60. The summed E-state index contributed by atoms with van der Waals surface area (Å²) in [5.41, 5.74) is 10.1. The summed E-state index contributed by atoms with van der Waals surface area (Å²) in [4.78, 5) is 25.6. The standard InChI is InChI=1S/C33H42N6O4/c1-8-29(43-30-19-14-22(32(4,5)9-2)20-26(30)33(6,7)10-3)31(40)35-23-15-17-24(18-16-23)36-37-38-27-12-11-13-28(39(41)42)25(27)21-34-38/h11-21,29,36-37H,8-10H2,1-7H3,(H,35,40). The molecule has 10 nitrogen and oxygen atoms in total. The maximum absolute atomic E-state index is 13.3. The topological polar surface area (TPSA) is 123 Å². The van der Waals surface area contributed by atoms with Crippen molar-refractivity contribution < 1.29 is 14.5 Å². The van der Waals surface area contributed by atoms with Gasteiger partial charge in [-0.3, -0.25) is 20.3 Å². The quantitative estimate of drug-likeness (QED) is 0.108. The van der Waals surface area contributed by atoms with Gasteiger partial charge >= 0.3 is 0 Å². The molecule has 1 heterocycles. The Morgan fingerprint density at radius 3 is 2.28 bits per heavy atom. The number of benzene rings is 3. The molecule has 1 unspecified atom stereocenters. The first-order valence-electron chi connectivity index (χ1n) is 14.8. The predicted octanol–water partition coefficient (Wildman–Crippen LogP) is 7.69. The fraction of sp³-hybridized carbons (Fsp3) is 0.394. The number of rotatable bonds is 13. The molecule has 0 saturated heterocycles. The number of ether oxygens (including phenoxy) is 1. The molecule has 1 atom stereocenters. The lowest BCUT2D eigenvalue weighted by molar-refractivity contribution is -0.383. The molecule has 1 amide bonds. The molecule has 3 aromatic carbocycles. The number of fused-ring (bicyclic) bond motifs is 1. The highest BCUT2D eigenvalue weighted by Crippen LogP contribution is 2.39. The molecule has 0 aliphatic carbocycles. The minimum Gasteiger partial charge on any atom is -0.480 e. The number of hydrazine groups is 1. The van der Waals surface area contributed by atoms with Crippen LogP contribution in [0.25, 0.3) is 10.9 Å². The molecule has 0 aliphatic heterocycles. The highest BCUT2D eigenvalue weighted by molar-refractivity contribution is 5.94. The Morgan fingerprint density at radius 2 is 1.65 bits per heavy atom. The molecule has 3 N–H and O–H groups in total. The SMILES string of the molecule is CCC(Oc1ccc(C(C)(C)CC)cc1C(C)(C)CC)C(=O)Nc1ccc(NNn2ncc3c([N+](=O)[O-])cccc32)cc1. The summed E-state index contributed by atoms with van der Waals surface area (Å²) < 4.78 is 6.39. The summed E-state index contributed by atoms with van der Waals surface area (Å²) in [6, 6.07) is 18.3. The Bertz CT molecular complexity index is 1590. The van der Waals surface area contributed by atoms with E-state index >= 15 is 0 Å². The van der Waals surface area contributed by atoms with Gasteiger partial charge < -0.3 is 10.1 Å². The number of carbonyl (C=O) groups is 1. The lowest BCUT2D eigenvalue weighted by Gasteiger charge is -2.31. The van der Waals surface area contributed by atoms with E-state index in [0.717, 1.165) is 24.2 Å². The summed E-state index contributed by atoms with van der Waals surface area (Å²) in [7, 11) is 0. The smallest absolute Gasteiger partial charge is 0.280 e. The van der Waals surface area contributed by atoms with Crippen LogP contribution < -0.4 is 21.0 Å². The first-order chi connectivity index (χ1) is 20.4. The van der Waals surface area contributed by atoms with Crippen LogP contribution in [0.15, 0.2) is 66.9 Å². The molecule has 228 valence electrons. The van der Waals surface area contributed by atoms with Gasteiger partial charge in [0.05, 0.1) is 22.2 Å². The molecule has 4 aromatic rings. The van der Waals surface area contributed by atoms with Crippen LogP contribution in [0.3, 0.4) is 0 Å². The molecule has 4 rings (SSSR count). The summed E-state index contributed by atoms with van der Waals surface area (Å²) >= 11 is 0. The van der Waals surface area contributed by atoms with Gasteiger partial charge in [-0.1, -0.05) is 66.7 Å². The van der Waals surface area contributed by atoms with E-state index in [1.54, 1.807) is 36.4 Å². The van der Waals surface area contributed by atoms with E-state index in [9.17, 15) is 14.9 Å². The first kappa shape index (κ1) is 31.3. The van der Waals surface area contributed by atoms with Gasteiger partial charge in [-0.15, -0.1) is 0 Å². The predicted molar refractivity (Wildman–Crippen MR) is 172 cm³/mol. The molecule has 0 fully saturated rings. The third kappa shape index (κ3) is 6.90. The Labute approximate surface area is 252 Å². The number of nitrogens with zero attached hydrogens (tertiary/aromatic N) is 3. The zero-order chi connectivity index (χ0) is 31.4. The number of carbonyl (C=O) groups excluding carboxylic acids is 1. The largest absolute Gasteiger partial charge is 0.480 e. The van der Waals surface area contributed by atoms with E-state index in [1.165, 1.54) is 22.6 Å². The lowest BCUT2D eigenvalue weighted by atomic mass is 9.76. The van der Waals surface area contributed by atoms with E-state index in [2.05, 4.69) is 75.1 Å². The van der Waals surface area contributed by atoms with E-state index in [-0.39, 0.29) is 22.4 Å². The second kappa shape index (κ2) is 12.7. The van der Waals surface area contributed by atoms with Crippen molar-refractivity contribution in [1.82, 2.24) is 9.89 Å². The van der Waals surface area contributed by atoms with Crippen molar-refractivity contribution in [3.8, 4) is 5.75 Å². The van der Waals surface area contributed by atoms with E-state index < -0.39 is 11.0 Å².